The lowest BCUT2D eigenvalue weighted by Gasteiger charge is -2.37. The van der Waals surface area contributed by atoms with E-state index in [1.165, 1.54) is 12.1 Å². The van der Waals surface area contributed by atoms with E-state index < -0.39 is 5.91 Å². The topological polar surface area (TPSA) is 99.6 Å². The van der Waals surface area contributed by atoms with Crippen LogP contribution in [0.4, 0.5) is 11.4 Å². The number of hydrogen-bond donors (Lipinski definition) is 1. The summed E-state index contributed by atoms with van der Waals surface area (Å²) in [5, 5.41) is 10.1. The Kier molecular flexibility index (Phi) is 6.91. The zero-order valence-corrected chi connectivity index (χ0v) is 21.3. The van der Waals surface area contributed by atoms with Gasteiger partial charge < -0.3 is 24.4 Å². The van der Waals surface area contributed by atoms with Crippen molar-refractivity contribution in [3.63, 3.8) is 0 Å². The minimum atomic E-state index is -0.538. The SMILES string of the molecule is COc1ccc(C(=O)N2CCN(c3ccc4c(c3)CCC(=O)N4C(=O)c3ccccc3O)CC2)cc1OC. The molecule has 5 rings (SSSR count). The Morgan fingerprint density at radius 1 is 0.816 bits per heavy atom. The van der Waals surface area contributed by atoms with Gasteiger partial charge >= 0.3 is 0 Å². The van der Waals surface area contributed by atoms with Crippen molar-refractivity contribution in [1.29, 1.82) is 0 Å². The standard InChI is InChI=1S/C29H29N3O6/c1-37-25-11-7-20(18-26(25)38-2)28(35)31-15-13-30(14-16-31)21-9-10-23-19(17-21)8-12-27(34)32(23)29(36)22-5-3-4-6-24(22)33/h3-7,9-11,17-18,33H,8,12-16H2,1-2H3. The molecule has 9 heteroatoms. The van der Waals surface area contributed by atoms with E-state index in [0.29, 0.717) is 55.3 Å². The van der Waals surface area contributed by atoms with Gasteiger partial charge in [-0.1, -0.05) is 12.1 Å². The molecule has 0 atom stereocenters. The Balaban J connectivity index is 1.30. The molecule has 3 aromatic rings. The van der Waals surface area contributed by atoms with E-state index in [9.17, 15) is 19.5 Å². The maximum atomic E-state index is 13.2. The molecule has 0 unspecified atom stereocenters. The van der Waals surface area contributed by atoms with Crippen molar-refractivity contribution in [2.75, 3.05) is 50.2 Å². The first kappa shape index (κ1) is 25.1. The van der Waals surface area contributed by atoms with Gasteiger partial charge in [0, 0.05) is 43.9 Å². The average Bonchev–Trinajstić information content (AvgIpc) is 2.96. The number of benzene rings is 3. The smallest absolute Gasteiger partial charge is 0.268 e. The normalized spacial score (nSPS) is 15.2. The summed E-state index contributed by atoms with van der Waals surface area (Å²) < 4.78 is 10.6. The van der Waals surface area contributed by atoms with Gasteiger partial charge in [-0.3, -0.25) is 14.4 Å². The molecular weight excluding hydrogens is 486 g/mol. The van der Waals surface area contributed by atoms with Crippen molar-refractivity contribution in [1.82, 2.24) is 4.90 Å². The molecule has 0 radical (unpaired) electrons. The summed E-state index contributed by atoms with van der Waals surface area (Å²) in [6, 6.07) is 17.1. The maximum Gasteiger partial charge on any atom is 0.268 e. The van der Waals surface area contributed by atoms with Gasteiger partial charge in [0.15, 0.2) is 11.5 Å². The second kappa shape index (κ2) is 10.5. The number of amides is 3. The summed E-state index contributed by atoms with van der Waals surface area (Å²) in [6.45, 7) is 2.41. The molecular formula is C29H29N3O6. The highest BCUT2D eigenvalue weighted by Gasteiger charge is 2.32. The molecule has 2 aliphatic rings. The molecule has 38 heavy (non-hydrogen) atoms. The van der Waals surface area contributed by atoms with Crippen molar-refractivity contribution in [3.05, 3.63) is 77.4 Å². The van der Waals surface area contributed by atoms with Gasteiger partial charge in [0.25, 0.3) is 11.8 Å². The first-order valence-corrected chi connectivity index (χ1v) is 12.5. The third-order valence-corrected chi connectivity index (χ3v) is 7.06. The number of nitrogens with zero attached hydrogens (tertiary/aromatic N) is 3. The van der Waals surface area contributed by atoms with Gasteiger partial charge in [0.05, 0.1) is 25.5 Å². The molecule has 2 heterocycles. The lowest BCUT2D eigenvalue weighted by molar-refractivity contribution is -0.118. The van der Waals surface area contributed by atoms with E-state index >= 15 is 0 Å². The molecule has 0 bridgehead atoms. The summed E-state index contributed by atoms with van der Waals surface area (Å²) in [5.41, 5.74) is 3.05. The minimum absolute atomic E-state index is 0.0622. The molecule has 1 N–H and O–H groups in total. The van der Waals surface area contributed by atoms with Gasteiger partial charge in [-0.25, -0.2) is 4.90 Å². The highest BCUT2D eigenvalue weighted by atomic mass is 16.5. The zero-order valence-electron chi connectivity index (χ0n) is 21.3. The van der Waals surface area contributed by atoms with E-state index in [2.05, 4.69) is 4.90 Å². The highest BCUT2D eigenvalue weighted by Crippen LogP contribution is 2.34. The molecule has 0 aliphatic carbocycles. The molecule has 2 aliphatic heterocycles. The van der Waals surface area contributed by atoms with Crippen molar-refractivity contribution in [2.24, 2.45) is 0 Å². The number of piperazine rings is 1. The van der Waals surface area contributed by atoms with Crippen LogP contribution < -0.4 is 19.3 Å². The zero-order chi connectivity index (χ0) is 26.8. The van der Waals surface area contributed by atoms with E-state index in [-0.39, 0.29) is 29.5 Å². The number of ether oxygens (including phenoxy) is 2. The monoisotopic (exact) mass is 515 g/mol. The molecule has 3 amide bonds. The predicted molar refractivity (Wildman–Crippen MR) is 142 cm³/mol. The Hall–Kier alpha value is -4.53. The van der Waals surface area contributed by atoms with Crippen molar-refractivity contribution in [3.8, 4) is 17.2 Å². The molecule has 0 spiro atoms. The predicted octanol–water partition coefficient (Wildman–Crippen LogP) is 3.49. The second-order valence-corrected chi connectivity index (χ2v) is 9.21. The number of methoxy groups -OCH3 is 2. The van der Waals surface area contributed by atoms with Gasteiger partial charge in [-0.15, -0.1) is 0 Å². The molecule has 0 aromatic heterocycles. The van der Waals surface area contributed by atoms with Crippen LogP contribution in [0.25, 0.3) is 0 Å². The Morgan fingerprint density at radius 2 is 1.55 bits per heavy atom. The quantitative estimate of drug-likeness (QED) is 0.520. The number of carbonyl (C=O) groups is 3. The fourth-order valence-corrected chi connectivity index (χ4v) is 4.99. The number of anilines is 2. The second-order valence-electron chi connectivity index (χ2n) is 9.21. The van der Waals surface area contributed by atoms with Crippen molar-refractivity contribution in [2.45, 2.75) is 12.8 Å². The van der Waals surface area contributed by atoms with Gasteiger partial charge in [0.1, 0.15) is 5.75 Å². The summed E-state index contributed by atoms with van der Waals surface area (Å²) in [6.07, 6.45) is 0.744. The number of rotatable bonds is 5. The van der Waals surface area contributed by atoms with E-state index in [4.69, 9.17) is 9.47 Å². The minimum Gasteiger partial charge on any atom is -0.507 e. The van der Waals surface area contributed by atoms with Crippen molar-refractivity contribution < 1.29 is 29.0 Å². The maximum absolute atomic E-state index is 13.2. The largest absolute Gasteiger partial charge is 0.507 e. The Labute approximate surface area is 220 Å². The van der Waals surface area contributed by atoms with Gasteiger partial charge in [-0.05, 0) is 60.5 Å². The van der Waals surface area contributed by atoms with Crippen LogP contribution in [0.15, 0.2) is 60.7 Å². The summed E-state index contributed by atoms with van der Waals surface area (Å²) in [5.74, 6) is 0.0376. The van der Waals surface area contributed by atoms with Crippen LogP contribution in [-0.2, 0) is 11.2 Å². The Morgan fingerprint density at radius 3 is 2.26 bits per heavy atom. The van der Waals surface area contributed by atoms with Crippen LogP contribution >= 0.6 is 0 Å². The molecule has 196 valence electrons. The molecule has 3 aromatic carbocycles. The van der Waals surface area contributed by atoms with Crippen LogP contribution in [0.1, 0.15) is 32.7 Å². The molecule has 1 fully saturated rings. The Bertz CT molecular complexity index is 1400. The van der Waals surface area contributed by atoms with E-state index in [1.807, 2.05) is 17.0 Å². The summed E-state index contributed by atoms with van der Waals surface area (Å²) in [4.78, 5) is 44.2. The van der Waals surface area contributed by atoms with Crippen LogP contribution in [0.3, 0.4) is 0 Å². The number of phenols is 1. The summed E-state index contributed by atoms with van der Waals surface area (Å²) >= 11 is 0. The molecule has 0 saturated carbocycles. The average molecular weight is 516 g/mol. The van der Waals surface area contributed by atoms with Crippen molar-refractivity contribution >= 4 is 29.1 Å². The first-order chi connectivity index (χ1) is 18.4. The number of carbonyl (C=O) groups excluding carboxylic acids is 3. The number of hydrogen-bond acceptors (Lipinski definition) is 7. The van der Waals surface area contributed by atoms with Gasteiger partial charge in [0.2, 0.25) is 5.91 Å². The van der Waals surface area contributed by atoms with E-state index in [0.717, 1.165) is 16.2 Å². The number of aromatic hydroxyl groups is 1. The lowest BCUT2D eigenvalue weighted by atomic mass is 9.98. The van der Waals surface area contributed by atoms with Gasteiger partial charge in [-0.2, -0.15) is 0 Å². The fourth-order valence-electron chi connectivity index (χ4n) is 4.99. The van der Waals surface area contributed by atoms with Crippen LogP contribution in [0.5, 0.6) is 17.2 Å². The van der Waals surface area contributed by atoms with Crippen LogP contribution in [0, 0.1) is 0 Å². The lowest BCUT2D eigenvalue weighted by Crippen LogP contribution is -2.49. The highest BCUT2D eigenvalue weighted by molar-refractivity contribution is 6.23. The summed E-state index contributed by atoms with van der Waals surface area (Å²) in [7, 11) is 3.10. The van der Waals surface area contributed by atoms with Crippen LogP contribution in [0.2, 0.25) is 0 Å². The number of imide groups is 1. The number of para-hydroxylation sites is 1. The molecule has 9 nitrogen and oxygen atoms in total. The first-order valence-electron chi connectivity index (χ1n) is 12.5. The number of aryl methyl sites for hydroxylation is 1. The number of phenolic OH excluding ortho intramolecular Hbond substituents is 1. The number of fused-ring (bicyclic) bond motifs is 1. The third kappa shape index (κ3) is 4.63. The van der Waals surface area contributed by atoms with E-state index in [1.54, 1.807) is 50.6 Å². The molecule has 1 saturated heterocycles. The fraction of sp³-hybridized carbons (Fsp3) is 0.276. The van der Waals surface area contributed by atoms with Crippen LogP contribution in [-0.4, -0.2) is 68.1 Å². The third-order valence-electron chi connectivity index (χ3n) is 7.06.